The van der Waals surface area contributed by atoms with Gasteiger partial charge >= 0.3 is 109 Å². The van der Waals surface area contributed by atoms with Crippen molar-refractivity contribution in [2.45, 2.75) is 49.1 Å². The van der Waals surface area contributed by atoms with Gasteiger partial charge in [0.15, 0.2) is 6.10 Å². The molecular formula is C17H22K2N2O5S. The summed E-state index contributed by atoms with van der Waals surface area (Å²) in [6.45, 7) is 5.19. The number of rotatable bonds is 5. The Bertz CT molecular complexity index is 719. The molecule has 3 rings (SSSR count). The molecule has 2 aliphatic rings. The van der Waals surface area contributed by atoms with Crippen LogP contribution in [0.5, 0.6) is 5.75 Å². The predicted octanol–water partition coefficient (Wildman–Crippen LogP) is -0.211. The van der Waals surface area contributed by atoms with Crippen molar-refractivity contribution in [3.63, 3.8) is 0 Å². The van der Waals surface area contributed by atoms with Gasteiger partial charge in [0.2, 0.25) is 5.91 Å². The summed E-state index contributed by atoms with van der Waals surface area (Å²) in [7, 11) is 0. The van der Waals surface area contributed by atoms with E-state index in [2.05, 4.69) is 5.32 Å². The number of nitrogens with zero attached hydrogens (tertiary/aromatic N) is 1. The number of ether oxygens (including phenoxy) is 1. The summed E-state index contributed by atoms with van der Waals surface area (Å²) >= 11 is 1.39. The van der Waals surface area contributed by atoms with E-state index in [1.165, 1.54) is 16.7 Å². The number of carboxylic acids is 1. The van der Waals surface area contributed by atoms with Gasteiger partial charge in [-0.25, -0.2) is 4.79 Å². The van der Waals surface area contributed by atoms with Crippen LogP contribution in [0.4, 0.5) is 0 Å². The molecule has 1 aromatic carbocycles. The molecule has 1 aromatic rings. The zero-order valence-corrected chi connectivity index (χ0v) is 14.9. The van der Waals surface area contributed by atoms with Crippen molar-refractivity contribution < 1.29 is 24.2 Å². The van der Waals surface area contributed by atoms with Crippen LogP contribution in [-0.2, 0) is 14.4 Å². The van der Waals surface area contributed by atoms with Gasteiger partial charge in [-0.2, -0.15) is 0 Å². The van der Waals surface area contributed by atoms with Crippen LogP contribution >= 0.6 is 11.8 Å². The molecule has 0 saturated carbocycles. The van der Waals surface area contributed by atoms with Gasteiger partial charge in [0.05, 0.1) is 0 Å². The fraction of sp³-hybridized carbons (Fsp3) is 0.471. The maximum absolute atomic E-state index is 12.4. The van der Waals surface area contributed by atoms with Gasteiger partial charge in [-0.1, -0.05) is 18.2 Å². The number of aliphatic carboxylic acids is 1. The molecular weight excluding hydrogens is 422 g/mol. The van der Waals surface area contributed by atoms with Crippen LogP contribution in [0, 0.1) is 0 Å². The molecule has 138 valence electrons. The van der Waals surface area contributed by atoms with E-state index in [1.54, 1.807) is 45.0 Å². The molecule has 27 heavy (non-hydrogen) atoms. The van der Waals surface area contributed by atoms with Crippen LogP contribution in [-0.4, -0.2) is 159 Å². The molecule has 0 radical (unpaired) electrons. The quantitative estimate of drug-likeness (QED) is 0.482. The van der Waals surface area contributed by atoms with E-state index >= 15 is 0 Å². The number of fused-ring (bicyclic) bond motifs is 1. The Morgan fingerprint density at radius 3 is 2.41 bits per heavy atom. The summed E-state index contributed by atoms with van der Waals surface area (Å²) in [6.07, 6.45) is -0.765. The fourth-order valence-corrected chi connectivity index (χ4v) is 4.80. The van der Waals surface area contributed by atoms with Crippen LogP contribution in [0.15, 0.2) is 30.3 Å². The number of benzene rings is 1. The summed E-state index contributed by atoms with van der Waals surface area (Å²) in [5.41, 5.74) is 0. The van der Waals surface area contributed by atoms with Crippen molar-refractivity contribution in [2.75, 3.05) is 0 Å². The van der Waals surface area contributed by atoms with Gasteiger partial charge < -0.3 is 20.1 Å². The first-order valence-electron chi connectivity index (χ1n) is 7.97. The molecule has 0 aromatic heterocycles. The third-order valence-corrected chi connectivity index (χ3v) is 5.97. The van der Waals surface area contributed by atoms with Crippen molar-refractivity contribution in [2.24, 2.45) is 0 Å². The number of nitrogens with one attached hydrogen (secondary N) is 1. The van der Waals surface area contributed by atoms with Crippen molar-refractivity contribution in [3.8, 4) is 5.75 Å². The topological polar surface area (TPSA) is 95.9 Å². The summed E-state index contributed by atoms with van der Waals surface area (Å²) in [5, 5.41) is 11.7. The average Bonchev–Trinajstić information content (AvgIpc) is 2.81. The van der Waals surface area contributed by atoms with Crippen molar-refractivity contribution in [1.29, 1.82) is 0 Å². The number of hydrogen-bond donors (Lipinski definition) is 2. The van der Waals surface area contributed by atoms with Gasteiger partial charge in [0, 0.05) is 4.75 Å². The number of carboxylic acid groups (broad SMARTS) is 1. The minimum atomic E-state index is -1.03. The summed E-state index contributed by atoms with van der Waals surface area (Å²) in [4.78, 5) is 37.5. The second-order valence-electron chi connectivity index (χ2n) is 6.66. The molecule has 10 heteroatoms. The number of amides is 2. The Morgan fingerprint density at radius 2 is 1.85 bits per heavy atom. The second kappa shape index (κ2) is 10.4. The SMILES string of the molecule is CC(Oc1ccccc1)C(=O)N[C@@H]1C(=O)N2[C@@H]1SC(C)(C)[C@@H]2C(=O)O.[KH].[KH]. The van der Waals surface area contributed by atoms with E-state index in [0.717, 1.165) is 0 Å². The molecule has 2 heterocycles. The molecule has 1 unspecified atom stereocenters. The minimum absolute atomic E-state index is 0. The molecule has 0 bridgehead atoms. The third kappa shape index (κ3) is 5.40. The number of para-hydroxylation sites is 1. The van der Waals surface area contributed by atoms with E-state index in [0.29, 0.717) is 5.75 Å². The second-order valence-corrected chi connectivity index (χ2v) is 8.43. The Balaban J connectivity index is 0.00000182. The van der Waals surface area contributed by atoms with Crippen molar-refractivity contribution in [1.82, 2.24) is 10.2 Å². The zero-order valence-electron chi connectivity index (χ0n) is 14.1. The van der Waals surface area contributed by atoms with Crippen LogP contribution in [0.25, 0.3) is 0 Å². The molecule has 0 spiro atoms. The number of carbonyl (C=O) groups excluding carboxylic acids is 2. The molecule has 2 saturated heterocycles. The molecule has 2 aliphatic heterocycles. The van der Waals surface area contributed by atoms with E-state index in [4.69, 9.17) is 4.74 Å². The first-order chi connectivity index (χ1) is 11.7. The number of carbonyl (C=O) groups is 3. The van der Waals surface area contributed by atoms with E-state index in [1.807, 2.05) is 6.07 Å². The molecule has 7 nitrogen and oxygen atoms in total. The standard InChI is InChI=1S/C17H20N2O5S.2K.2H/c1-9(24-10-7-5-4-6-8-10)13(20)18-11-14(21)19-12(16(22)23)17(2,3)25-15(11)19;;;;/h4-9,11-12,15H,1-3H3,(H,18,20)(H,22,23);;;;/t9?,11-,12+,15-;;;;/m1..../s1. The average molecular weight is 445 g/mol. The zero-order chi connectivity index (χ0) is 18.4. The summed E-state index contributed by atoms with van der Waals surface area (Å²) in [5.74, 6) is -1.23. The van der Waals surface area contributed by atoms with Crippen LogP contribution in [0.1, 0.15) is 20.8 Å². The van der Waals surface area contributed by atoms with Crippen LogP contribution in [0.2, 0.25) is 0 Å². The molecule has 2 N–H and O–H groups in total. The van der Waals surface area contributed by atoms with E-state index in [-0.39, 0.29) is 114 Å². The maximum atomic E-state index is 12.4. The Labute approximate surface area is 247 Å². The van der Waals surface area contributed by atoms with Gasteiger partial charge in [-0.15, -0.1) is 11.8 Å². The Morgan fingerprint density at radius 1 is 1.26 bits per heavy atom. The van der Waals surface area contributed by atoms with Crippen molar-refractivity contribution >= 4 is 132 Å². The van der Waals surface area contributed by atoms with Crippen molar-refractivity contribution in [3.05, 3.63) is 30.3 Å². The summed E-state index contributed by atoms with van der Waals surface area (Å²) < 4.78 is 4.94. The van der Waals surface area contributed by atoms with E-state index < -0.39 is 34.8 Å². The van der Waals surface area contributed by atoms with Crippen LogP contribution < -0.4 is 10.1 Å². The van der Waals surface area contributed by atoms with Crippen LogP contribution in [0.3, 0.4) is 0 Å². The van der Waals surface area contributed by atoms with Gasteiger partial charge in [-0.05, 0) is 32.9 Å². The van der Waals surface area contributed by atoms with Gasteiger partial charge in [0.1, 0.15) is 23.2 Å². The number of hydrogen-bond acceptors (Lipinski definition) is 5. The third-order valence-electron chi connectivity index (χ3n) is 4.40. The molecule has 0 aliphatic carbocycles. The molecule has 2 fully saturated rings. The van der Waals surface area contributed by atoms with Gasteiger partial charge in [-0.3, -0.25) is 9.59 Å². The fourth-order valence-electron chi connectivity index (χ4n) is 3.17. The Hall–Kier alpha value is 1.05. The predicted molar refractivity (Wildman–Crippen MR) is 106 cm³/mol. The molecule has 4 atom stereocenters. The molecule has 2 amide bonds. The normalized spacial score (nSPS) is 25.8. The monoisotopic (exact) mass is 444 g/mol. The number of thioether (sulfide) groups is 1. The Kier molecular flexibility index (Phi) is 10.0. The summed E-state index contributed by atoms with van der Waals surface area (Å²) in [6, 6.07) is 7.33. The van der Waals surface area contributed by atoms with E-state index in [9.17, 15) is 19.5 Å². The number of β-lactam (4-membered cyclic amide) rings is 1. The first kappa shape index (κ1) is 26.1. The first-order valence-corrected chi connectivity index (χ1v) is 8.85. The van der Waals surface area contributed by atoms with Gasteiger partial charge in [0.25, 0.3) is 5.91 Å².